The van der Waals surface area contributed by atoms with E-state index in [1.54, 1.807) is 12.1 Å². The normalized spacial score (nSPS) is 11.8. The van der Waals surface area contributed by atoms with E-state index in [2.05, 4.69) is 5.32 Å². The zero-order valence-corrected chi connectivity index (χ0v) is 10.8. The van der Waals surface area contributed by atoms with Gasteiger partial charge in [0.05, 0.1) is 6.04 Å². The summed E-state index contributed by atoms with van der Waals surface area (Å²) in [5.41, 5.74) is 7.38. The van der Waals surface area contributed by atoms with Gasteiger partial charge in [-0.3, -0.25) is 4.79 Å². The van der Waals surface area contributed by atoms with Crippen LogP contribution in [0.5, 0.6) is 0 Å². The monoisotopic (exact) mass is 254 g/mol. The van der Waals surface area contributed by atoms with Crippen molar-refractivity contribution in [1.29, 1.82) is 0 Å². The van der Waals surface area contributed by atoms with Crippen LogP contribution in [0.1, 0.15) is 28.4 Å². The molecule has 3 heteroatoms. The van der Waals surface area contributed by atoms with Gasteiger partial charge in [0, 0.05) is 5.56 Å². The van der Waals surface area contributed by atoms with E-state index in [4.69, 9.17) is 5.73 Å². The van der Waals surface area contributed by atoms with Crippen LogP contribution in [0, 0.1) is 0 Å². The maximum atomic E-state index is 12.2. The molecule has 2 aromatic carbocycles. The lowest BCUT2D eigenvalue weighted by Crippen LogP contribution is -2.30. The predicted octanol–water partition coefficient (Wildman–Crippen LogP) is 2.51. The molecule has 0 aliphatic rings. The Kier molecular flexibility index (Phi) is 4.70. The summed E-state index contributed by atoms with van der Waals surface area (Å²) in [6, 6.07) is 19.1. The molecule has 0 aromatic heterocycles. The molecule has 0 spiro atoms. The van der Waals surface area contributed by atoms with E-state index >= 15 is 0 Å². The highest BCUT2D eigenvalue weighted by Crippen LogP contribution is 2.16. The summed E-state index contributed by atoms with van der Waals surface area (Å²) in [6.07, 6.45) is 0.725. The molecular weight excluding hydrogens is 236 g/mol. The summed E-state index contributed by atoms with van der Waals surface area (Å²) < 4.78 is 0. The van der Waals surface area contributed by atoms with Gasteiger partial charge in [-0.25, -0.2) is 0 Å². The molecule has 0 fully saturated rings. The third-order valence-corrected chi connectivity index (χ3v) is 3.00. The lowest BCUT2D eigenvalue weighted by Gasteiger charge is -2.18. The molecule has 1 amide bonds. The predicted molar refractivity (Wildman–Crippen MR) is 76.8 cm³/mol. The SMILES string of the molecule is NCCC(NC(=O)c1ccccc1)c1ccccc1. The minimum absolute atomic E-state index is 0.0427. The van der Waals surface area contributed by atoms with Crippen LogP contribution in [0.25, 0.3) is 0 Å². The van der Waals surface area contributed by atoms with Gasteiger partial charge < -0.3 is 11.1 Å². The van der Waals surface area contributed by atoms with Crippen molar-refractivity contribution in [2.24, 2.45) is 5.73 Å². The van der Waals surface area contributed by atoms with Gasteiger partial charge >= 0.3 is 0 Å². The number of hydrogen-bond donors (Lipinski definition) is 2. The van der Waals surface area contributed by atoms with Crippen molar-refractivity contribution >= 4 is 5.91 Å². The van der Waals surface area contributed by atoms with Crippen LogP contribution in [0.15, 0.2) is 60.7 Å². The van der Waals surface area contributed by atoms with Crippen molar-refractivity contribution in [1.82, 2.24) is 5.32 Å². The largest absolute Gasteiger partial charge is 0.345 e. The molecule has 1 unspecified atom stereocenters. The van der Waals surface area contributed by atoms with Crippen LogP contribution in [0.2, 0.25) is 0 Å². The van der Waals surface area contributed by atoms with Crippen LogP contribution in [0.4, 0.5) is 0 Å². The highest BCUT2D eigenvalue weighted by molar-refractivity contribution is 5.94. The highest BCUT2D eigenvalue weighted by atomic mass is 16.1. The first kappa shape index (κ1) is 13.3. The molecule has 2 rings (SSSR count). The fraction of sp³-hybridized carbons (Fsp3) is 0.188. The first-order valence-corrected chi connectivity index (χ1v) is 6.42. The number of hydrogen-bond acceptors (Lipinski definition) is 2. The van der Waals surface area contributed by atoms with Crippen molar-refractivity contribution in [3.63, 3.8) is 0 Å². The van der Waals surface area contributed by atoms with E-state index in [0.29, 0.717) is 12.1 Å². The topological polar surface area (TPSA) is 55.1 Å². The summed E-state index contributed by atoms with van der Waals surface area (Å²) >= 11 is 0. The van der Waals surface area contributed by atoms with Crippen molar-refractivity contribution in [3.8, 4) is 0 Å². The molecule has 98 valence electrons. The number of rotatable bonds is 5. The van der Waals surface area contributed by atoms with Crippen LogP contribution in [-0.2, 0) is 0 Å². The summed E-state index contributed by atoms with van der Waals surface area (Å²) in [6.45, 7) is 0.536. The van der Waals surface area contributed by atoms with E-state index in [9.17, 15) is 4.79 Å². The van der Waals surface area contributed by atoms with Crippen molar-refractivity contribution in [2.75, 3.05) is 6.54 Å². The lowest BCUT2D eigenvalue weighted by atomic mass is 10.0. The number of carbonyl (C=O) groups is 1. The number of nitrogens with one attached hydrogen (secondary N) is 1. The van der Waals surface area contributed by atoms with Crippen molar-refractivity contribution < 1.29 is 4.79 Å². The Balaban J connectivity index is 2.11. The van der Waals surface area contributed by atoms with Gasteiger partial charge in [-0.15, -0.1) is 0 Å². The van der Waals surface area contributed by atoms with Crippen LogP contribution in [-0.4, -0.2) is 12.5 Å². The molecule has 1 atom stereocenters. The second kappa shape index (κ2) is 6.71. The van der Waals surface area contributed by atoms with E-state index < -0.39 is 0 Å². The lowest BCUT2D eigenvalue weighted by molar-refractivity contribution is 0.0935. The molecule has 0 heterocycles. The first-order chi connectivity index (χ1) is 9.31. The average Bonchev–Trinajstić information content (AvgIpc) is 2.48. The van der Waals surface area contributed by atoms with Crippen LogP contribution < -0.4 is 11.1 Å². The van der Waals surface area contributed by atoms with Crippen molar-refractivity contribution in [3.05, 3.63) is 71.8 Å². The van der Waals surface area contributed by atoms with Gasteiger partial charge in [-0.1, -0.05) is 48.5 Å². The smallest absolute Gasteiger partial charge is 0.251 e. The van der Waals surface area contributed by atoms with Crippen molar-refractivity contribution in [2.45, 2.75) is 12.5 Å². The van der Waals surface area contributed by atoms with E-state index in [0.717, 1.165) is 12.0 Å². The van der Waals surface area contributed by atoms with Gasteiger partial charge in [0.25, 0.3) is 5.91 Å². The quantitative estimate of drug-likeness (QED) is 0.861. The van der Waals surface area contributed by atoms with E-state index in [-0.39, 0.29) is 11.9 Å². The number of amides is 1. The number of nitrogens with two attached hydrogens (primary N) is 1. The van der Waals surface area contributed by atoms with Gasteiger partial charge in [0.15, 0.2) is 0 Å². The number of carbonyl (C=O) groups excluding carboxylic acids is 1. The molecule has 0 aliphatic carbocycles. The fourth-order valence-electron chi connectivity index (χ4n) is 2.01. The zero-order valence-electron chi connectivity index (χ0n) is 10.8. The van der Waals surface area contributed by atoms with E-state index in [1.165, 1.54) is 0 Å². The Hall–Kier alpha value is -2.13. The fourth-order valence-corrected chi connectivity index (χ4v) is 2.01. The third-order valence-electron chi connectivity index (χ3n) is 3.00. The Morgan fingerprint density at radius 2 is 1.58 bits per heavy atom. The maximum Gasteiger partial charge on any atom is 0.251 e. The second-order valence-corrected chi connectivity index (χ2v) is 4.38. The van der Waals surface area contributed by atoms with E-state index in [1.807, 2.05) is 48.5 Å². The molecule has 2 aromatic rings. The van der Waals surface area contributed by atoms with Gasteiger partial charge in [-0.05, 0) is 30.7 Å². The first-order valence-electron chi connectivity index (χ1n) is 6.42. The minimum atomic E-state index is -0.0668. The highest BCUT2D eigenvalue weighted by Gasteiger charge is 2.14. The molecule has 3 N–H and O–H groups in total. The maximum absolute atomic E-state index is 12.2. The Morgan fingerprint density at radius 1 is 1.00 bits per heavy atom. The molecule has 19 heavy (non-hydrogen) atoms. The summed E-state index contributed by atoms with van der Waals surface area (Å²) in [4.78, 5) is 12.2. The molecule has 0 saturated carbocycles. The van der Waals surface area contributed by atoms with Gasteiger partial charge in [0.2, 0.25) is 0 Å². The molecule has 0 aliphatic heterocycles. The summed E-state index contributed by atoms with van der Waals surface area (Å²) in [7, 11) is 0. The average molecular weight is 254 g/mol. The van der Waals surface area contributed by atoms with Crippen LogP contribution in [0.3, 0.4) is 0 Å². The second-order valence-electron chi connectivity index (χ2n) is 4.38. The minimum Gasteiger partial charge on any atom is -0.345 e. The molecular formula is C16H18N2O. The van der Waals surface area contributed by atoms with Crippen LogP contribution >= 0.6 is 0 Å². The van der Waals surface area contributed by atoms with Gasteiger partial charge in [-0.2, -0.15) is 0 Å². The summed E-state index contributed by atoms with van der Waals surface area (Å²) in [5.74, 6) is -0.0668. The Morgan fingerprint density at radius 3 is 2.16 bits per heavy atom. The Bertz CT molecular complexity index is 511. The standard InChI is InChI=1S/C16H18N2O/c17-12-11-15(13-7-3-1-4-8-13)18-16(19)14-9-5-2-6-10-14/h1-10,15H,11-12,17H2,(H,18,19). The number of benzene rings is 2. The molecule has 0 saturated heterocycles. The zero-order chi connectivity index (χ0) is 13.5. The molecule has 3 nitrogen and oxygen atoms in total. The summed E-state index contributed by atoms with van der Waals surface area (Å²) in [5, 5.41) is 3.03. The third kappa shape index (κ3) is 3.66. The Labute approximate surface area is 113 Å². The molecule has 0 radical (unpaired) electrons. The molecule has 0 bridgehead atoms. The van der Waals surface area contributed by atoms with Gasteiger partial charge in [0.1, 0.15) is 0 Å².